The molecule has 1 aromatic rings. The van der Waals surface area contributed by atoms with Crippen molar-refractivity contribution in [3.05, 3.63) is 30.3 Å². The minimum absolute atomic E-state index is 0. The Morgan fingerprint density at radius 1 is 1.00 bits per heavy atom. The number of benzene rings is 1. The van der Waals surface area contributed by atoms with Gasteiger partial charge in [-0.15, -0.1) is 0 Å². The molecule has 1 nitrogen and oxygen atoms in total. The molecule has 41 valence electrons. The van der Waals surface area contributed by atoms with E-state index >= 15 is 0 Å². The van der Waals surface area contributed by atoms with Crippen LogP contribution in [0, 0.1) is 0 Å². The summed E-state index contributed by atoms with van der Waals surface area (Å²) in [5.41, 5.74) is 0. The molecule has 0 bridgehead atoms. The Morgan fingerprint density at radius 2 is 1.50 bits per heavy atom. The van der Waals surface area contributed by atoms with Crippen LogP contribution in [0.15, 0.2) is 30.3 Å². The van der Waals surface area contributed by atoms with Crippen molar-refractivity contribution in [3.8, 4) is 5.75 Å². The van der Waals surface area contributed by atoms with E-state index in [1.54, 1.807) is 24.3 Å². The zero-order chi connectivity index (χ0) is 5.11. The fourth-order valence-electron chi connectivity index (χ4n) is 0.428. The summed E-state index contributed by atoms with van der Waals surface area (Å²) in [6, 6.07) is 8.71. The van der Waals surface area contributed by atoms with Crippen molar-refractivity contribution in [2.75, 3.05) is 0 Å². The maximum Gasteiger partial charge on any atom is 0.115 e. The van der Waals surface area contributed by atoms with Crippen LogP contribution in [0.5, 0.6) is 5.75 Å². The molecule has 0 amide bonds. The molecule has 0 aliphatic heterocycles. The third kappa shape index (κ3) is 2.05. The van der Waals surface area contributed by atoms with Crippen LogP contribution < -0.4 is 0 Å². The quantitative estimate of drug-likeness (QED) is 0.584. The summed E-state index contributed by atoms with van der Waals surface area (Å²) < 4.78 is 0. The molecule has 0 aliphatic carbocycles. The predicted molar refractivity (Wildman–Crippen MR) is 28.1 cm³/mol. The van der Waals surface area contributed by atoms with Gasteiger partial charge in [-0.2, -0.15) is 0 Å². The first-order chi connectivity index (χ1) is 3.39. The van der Waals surface area contributed by atoms with Gasteiger partial charge in [0.2, 0.25) is 0 Å². The van der Waals surface area contributed by atoms with Gasteiger partial charge in [0, 0.05) is 18.6 Å². The Kier molecular flexibility index (Phi) is 3.41. The molecule has 0 saturated heterocycles. The van der Waals surface area contributed by atoms with Gasteiger partial charge < -0.3 is 5.11 Å². The summed E-state index contributed by atoms with van der Waals surface area (Å²) in [6.07, 6.45) is 0. The van der Waals surface area contributed by atoms with Gasteiger partial charge in [0.25, 0.3) is 0 Å². The average Bonchev–Trinajstić information content (AvgIpc) is 1.69. The van der Waals surface area contributed by atoms with E-state index in [2.05, 4.69) is 0 Å². The molecule has 0 heterocycles. The van der Waals surface area contributed by atoms with Crippen LogP contribution in [0.3, 0.4) is 0 Å². The van der Waals surface area contributed by atoms with Crippen LogP contribution in [0.2, 0.25) is 0 Å². The first-order valence-corrected chi connectivity index (χ1v) is 2.13. The van der Waals surface area contributed by atoms with Crippen molar-refractivity contribution >= 4 is 0 Å². The number of rotatable bonds is 0. The minimum Gasteiger partial charge on any atom is -0.508 e. The van der Waals surface area contributed by atoms with Gasteiger partial charge in [-0.1, -0.05) is 18.2 Å². The van der Waals surface area contributed by atoms with Crippen molar-refractivity contribution in [1.29, 1.82) is 0 Å². The topological polar surface area (TPSA) is 20.2 Å². The van der Waals surface area contributed by atoms with Gasteiger partial charge >= 0.3 is 0 Å². The zero-order valence-electron chi connectivity index (χ0n) is 4.28. The number of para-hydroxylation sites is 1. The SMILES string of the molecule is Oc1ccccc1.[V]. The summed E-state index contributed by atoms with van der Waals surface area (Å²) >= 11 is 0. The number of phenolic OH excluding ortho intramolecular Hbond substituents is 1. The van der Waals surface area contributed by atoms with Gasteiger partial charge in [0.1, 0.15) is 5.75 Å². The van der Waals surface area contributed by atoms with Crippen molar-refractivity contribution in [2.45, 2.75) is 0 Å². The van der Waals surface area contributed by atoms with E-state index in [0.717, 1.165) is 0 Å². The van der Waals surface area contributed by atoms with E-state index in [9.17, 15) is 0 Å². The molecule has 0 saturated carbocycles. The van der Waals surface area contributed by atoms with Gasteiger partial charge in [-0.25, -0.2) is 0 Å². The van der Waals surface area contributed by atoms with Crippen molar-refractivity contribution in [2.24, 2.45) is 0 Å². The van der Waals surface area contributed by atoms with Crippen LogP contribution in [-0.4, -0.2) is 5.11 Å². The van der Waals surface area contributed by atoms with E-state index < -0.39 is 0 Å². The van der Waals surface area contributed by atoms with E-state index in [1.165, 1.54) is 0 Å². The monoisotopic (exact) mass is 145 g/mol. The van der Waals surface area contributed by atoms with Crippen LogP contribution in [0.1, 0.15) is 0 Å². The second-order valence-corrected chi connectivity index (χ2v) is 1.34. The molecule has 0 unspecified atom stereocenters. The van der Waals surface area contributed by atoms with E-state index in [4.69, 9.17) is 5.11 Å². The fourth-order valence-corrected chi connectivity index (χ4v) is 0.428. The summed E-state index contributed by atoms with van der Waals surface area (Å²) in [4.78, 5) is 0. The molecule has 0 aromatic heterocycles. The molecule has 0 atom stereocenters. The summed E-state index contributed by atoms with van der Waals surface area (Å²) in [6.45, 7) is 0. The third-order valence-electron chi connectivity index (χ3n) is 0.756. The van der Waals surface area contributed by atoms with Gasteiger partial charge in [0.05, 0.1) is 0 Å². The van der Waals surface area contributed by atoms with Crippen molar-refractivity contribution in [3.63, 3.8) is 0 Å². The number of phenols is 1. The zero-order valence-corrected chi connectivity index (χ0v) is 5.68. The molecule has 2 heteroatoms. The smallest absolute Gasteiger partial charge is 0.115 e. The van der Waals surface area contributed by atoms with Gasteiger partial charge in [0.15, 0.2) is 0 Å². The van der Waals surface area contributed by atoms with Crippen LogP contribution in [-0.2, 0) is 18.6 Å². The van der Waals surface area contributed by atoms with Gasteiger partial charge in [-0.3, -0.25) is 0 Å². The molecule has 1 aromatic carbocycles. The Balaban J connectivity index is 0.000000490. The van der Waals surface area contributed by atoms with Crippen LogP contribution >= 0.6 is 0 Å². The minimum atomic E-state index is 0. The van der Waals surface area contributed by atoms with E-state index in [-0.39, 0.29) is 18.6 Å². The number of hydrogen-bond donors (Lipinski definition) is 1. The van der Waals surface area contributed by atoms with Crippen molar-refractivity contribution < 1.29 is 23.7 Å². The maximum absolute atomic E-state index is 8.63. The van der Waals surface area contributed by atoms with Crippen LogP contribution in [0.4, 0.5) is 0 Å². The summed E-state index contributed by atoms with van der Waals surface area (Å²) in [7, 11) is 0. The summed E-state index contributed by atoms with van der Waals surface area (Å²) in [5.74, 6) is 0.322. The first kappa shape index (κ1) is 7.60. The molecule has 0 spiro atoms. The number of hydrogen-bond acceptors (Lipinski definition) is 1. The van der Waals surface area contributed by atoms with Crippen LogP contribution in [0.25, 0.3) is 0 Å². The summed E-state index contributed by atoms with van der Waals surface area (Å²) in [5, 5.41) is 8.63. The average molecular weight is 145 g/mol. The molecule has 1 rings (SSSR count). The Bertz CT molecular complexity index is 138. The molecule has 1 radical (unpaired) electrons. The number of aromatic hydroxyl groups is 1. The molecule has 0 fully saturated rings. The van der Waals surface area contributed by atoms with E-state index in [0.29, 0.717) is 5.75 Å². The Hall–Kier alpha value is -0.396. The standard InChI is InChI=1S/C6H6O.V/c7-6-4-2-1-3-5-6;/h1-5,7H;. The second-order valence-electron chi connectivity index (χ2n) is 1.34. The molecule has 8 heavy (non-hydrogen) atoms. The second kappa shape index (κ2) is 3.59. The first-order valence-electron chi connectivity index (χ1n) is 2.13. The predicted octanol–water partition coefficient (Wildman–Crippen LogP) is 1.39. The molecule has 1 N–H and O–H groups in total. The van der Waals surface area contributed by atoms with Gasteiger partial charge in [-0.05, 0) is 12.1 Å². The largest absolute Gasteiger partial charge is 0.508 e. The van der Waals surface area contributed by atoms with Crippen molar-refractivity contribution in [1.82, 2.24) is 0 Å². The molecule has 0 aliphatic rings. The normalized spacial score (nSPS) is 7.50. The molecular formula is C6H6OV. The Labute approximate surface area is 60.2 Å². The molecular weight excluding hydrogens is 139 g/mol. The van der Waals surface area contributed by atoms with E-state index in [1.807, 2.05) is 6.07 Å². The Morgan fingerprint density at radius 3 is 1.75 bits per heavy atom. The fraction of sp³-hybridized carbons (Fsp3) is 0. The maximum atomic E-state index is 8.63. The third-order valence-corrected chi connectivity index (χ3v) is 0.756.